The molecule has 7 rings (SSSR count). The SMILES string of the molecule is CC(C)(C)OC(=O)N[C@H]1CSc2cc(F)c(C(=O)CC3CC3(F)F)cc2N(Cc2ccc(Cl)cc2)C1=O.CC(C)(C)OC(=O)N[C@H]1CSc2cc(F)c(C(=O)O)cc2N(Cc2ccc(Cl)cc2)C1=O. The van der Waals surface area contributed by atoms with Crippen LogP contribution < -0.4 is 20.4 Å². The quantitative estimate of drug-likeness (QED) is 0.102. The third-order valence-electron chi connectivity index (χ3n) is 10.4. The lowest BCUT2D eigenvalue weighted by molar-refractivity contribution is -0.120. The molecular formula is C48H48Cl2F4N4O9S2. The van der Waals surface area contributed by atoms with Gasteiger partial charge in [0.15, 0.2) is 5.78 Å². The summed E-state index contributed by atoms with van der Waals surface area (Å²) in [5.74, 6) is -8.73. The highest BCUT2D eigenvalue weighted by molar-refractivity contribution is 7.99. The number of alkyl carbamates (subject to hydrolysis) is 2. The number of anilines is 2. The van der Waals surface area contributed by atoms with Gasteiger partial charge in [-0.2, -0.15) is 0 Å². The maximum atomic E-state index is 15.0. The first kappa shape index (κ1) is 52.9. The van der Waals surface area contributed by atoms with Crippen molar-refractivity contribution in [3.8, 4) is 0 Å². The molecular weight excluding hydrogens is 988 g/mol. The number of fused-ring (bicyclic) bond motifs is 2. The molecule has 3 atom stereocenters. The molecule has 368 valence electrons. The second-order valence-electron chi connectivity index (χ2n) is 18.3. The molecule has 21 heteroatoms. The van der Waals surface area contributed by atoms with Gasteiger partial charge in [-0.15, -0.1) is 23.5 Å². The fourth-order valence-corrected chi connectivity index (χ4v) is 9.43. The van der Waals surface area contributed by atoms with Gasteiger partial charge in [0.25, 0.3) is 17.7 Å². The minimum absolute atomic E-state index is 0.0377. The van der Waals surface area contributed by atoms with Crippen LogP contribution in [-0.4, -0.2) is 81.6 Å². The Morgan fingerprint density at radius 2 is 1.07 bits per heavy atom. The van der Waals surface area contributed by atoms with E-state index in [1.54, 1.807) is 90.1 Å². The van der Waals surface area contributed by atoms with Crippen molar-refractivity contribution in [1.29, 1.82) is 0 Å². The predicted molar refractivity (Wildman–Crippen MR) is 255 cm³/mol. The first-order chi connectivity index (χ1) is 32.2. The van der Waals surface area contributed by atoms with Crippen LogP contribution in [0.25, 0.3) is 0 Å². The van der Waals surface area contributed by atoms with E-state index in [9.17, 15) is 51.4 Å². The highest BCUT2D eigenvalue weighted by Gasteiger charge is 2.57. The Bertz CT molecular complexity index is 2650. The molecule has 2 heterocycles. The van der Waals surface area contributed by atoms with Crippen molar-refractivity contribution in [2.24, 2.45) is 5.92 Å². The van der Waals surface area contributed by atoms with Crippen LogP contribution in [0.15, 0.2) is 82.6 Å². The number of hydrogen-bond acceptors (Lipinski definition) is 10. The summed E-state index contributed by atoms with van der Waals surface area (Å²) in [4.78, 5) is 79.5. The van der Waals surface area contributed by atoms with E-state index in [4.69, 9.17) is 32.7 Å². The standard InChI is InChI=1S/C26H26ClF3N2O4S.C22H22ClFN2O5S/c1-25(2,3)36-24(35)31-19-13-37-22-10-18(28)17(21(33)8-15-11-26(15,29)30)9-20(22)32(23(19)34)12-14-4-6-16(27)7-5-14;1-22(2,3)31-21(30)25-16-11-32-18-9-15(24)14(20(28)29)8-17(18)26(19(16)27)10-12-4-6-13(23)7-5-12/h4-7,9-10,15,19H,8,11-13H2,1-3H3,(H,31,35);4-9,16H,10-11H2,1-3H3,(H,25,30)(H,28,29)/t15?,19-;16-/m00/s1. The van der Waals surface area contributed by atoms with Crippen molar-refractivity contribution in [2.45, 2.75) is 106 Å². The number of rotatable bonds is 10. The summed E-state index contributed by atoms with van der Waals surface area (Å²) in [6, 6.07) is 16.2. The van der Waals surface area contributed by atoms with Crippen molar-refractivity contribution < 1.29 is 60.9 Å². The minimum Gasteiger partial charge on any atom is -0.478 e. The second kappa shape index (κ2) is 21.2. The van der Waals surface area contributed by atoms with E-state index in [1.807, 2.05) is 0 Å². The van der Waals surface area contributed by atoms with Crippen molar-refractivity contribution >= 4 is 93.9 Å². The van der Waals surface area contributed by atoms with Gasteiger partial charge in [0.05, 0.1) is 35.6 Å². The van der Waals surface area contributed by atoms with Gasteiger partial charge in [0, 0.05) is 50.1 Å². The number of carbonyl (C=O) groups excluding carboxylic acids is 5. The highest BCUT2D eigenvalue weighted by atomic mass is 35.5. The average Bonchev–Trinajstić information content (AvgIpc) is 3.90. The van der Waals surface area contributed by atoms with Gasteiger partial charge >= 0.3 is 18.2 Å². The van der Waals surface area contributed by atoms with Gasteiger partial charge in [-0.25, -0.2) is 31.9 Å². The maximum Gasteiger partial charge on any atom is 0.408 e. The number of benzene rings is 4. The minimum atomic E-state index is -2.91. The number of nitrogens with one attached hydrogen (secondary N) is 2. The van der Waals surface area contributed by atoms with E-state index < -0.39 is 101 Å². The zero-order valence-electron chi connectivity index (χ0n) is 38.1. The number of ketones is 1. The summed E-state index contributed by atoms with van der Waals surface area (Å²) in [5.41, 5.74) is -0.511. The molecule has 13 nitrogen and oxygen atoms in total. The summed E-state index contributed by atoms with van der Waals surface area (Å²) < 4.78 is 66.6. The monoisotopic (exact) mass is 1030 g/mol. The van der Waals surface area contributed by atoms with Crippen molar-refractivity contribution in [3.63, 3.8) is 0 Å². The zero-order chi connectivity index (χ0) is 50.7. The summed E-state index contributed by atoms with van der Waals surface area (Å²) in [6.07, 6.45) is -2.42. The molecule has 1 aliphatic carbocycles. The van der Waals surface area contributed by atoms with Crippen LogP contribution in [0.5, 0.6) is 0 Å². The number of halogens is 6. The molecule has 1 saturated carbocycles. The van der Waals surface area contributed by atoms with Crippen LogP contribution in [0.1, 0.15) is 86.2 Å². The molecule has 0 spiro atoms. The largest absolute Gasteiger partial charge is 0.478 e. The summed E-state index contributed by atoms with van der Waals surface area (Å²) in [6.45, 7) is 10.3. The highest BCUT2D eigenvalue weighted by Crippen LogP contribution is 2.51. The molecule has 4 amide bonds. The lowest BCUT2D eigenvalue weighted by atomic mass is 10.0. The number of thioether (sulfide) groups is 2. The van der Waals surface area contributed by atoms with Crippen LogP contribution in [0, 0.1) is 17.6 Å². The Morgan fingerprint density at radius 3 is 1.43 bits per heavy atom. The van der Waals surface area contributed by atoms with Crippen molar-refractivity contribution in [2.75, 3.05) is 21.3 Å². The Balaban J connectivity index is 0.000000229. The van der Waals surface area contributed by atoms with E-state index in [1.165, 1.54) is 15.9 Å². The van der Waals surface area contributed by atoms with E-state index in [0.29, 0.717) is 25.4 Å². The molecule has 1 fully saturated rings. The van der Waals surface area contributed by atoms with E-state index in [-0.39, 0.29) is 41.5 Å². The smallest absolute Gasteiger partial charge is 0.408 e. The Kier molecular flexibility index (Phi) is 16.3. The molecule has 4 aromatic carbocycles. The van der Waals surface area contributed by atoms with Crippen molar-refractivity contribution in [3.05, 3.63) is 117 Å². The van der Waals surface area contributed by atoms with Crippen LogP contribution in [0.3, 0.4) is 0 Å². The normalized spacial score (nSPS) is 18.6. The first-order valence-corrected chi connectivity index (χ1v) is 24.1. The molecule has 0 radical (unpaired) electrons. The van der Waals surface area contributed by atoms with Crippen LogP contribution in [0.4, 0.5) is 38.5 Å². The molecule has 1 unspecified atom stereocenters. The number of carboxylic acids is 1. The topological polar surface area (TPSA) is 172 Å². The van der Waals surface area contributed by atoms with Gasteiger partial charge in [0.2, 0.25) is 0 Å². The maximum absolute atomic E-state index is 15.0. The fraction of sp³-hybridized carbons (Fsp3) is 0.375. The van der Waals surface area contributed by atoms with Crippen LogP contribution >= 0.6 is 46.7 Å². The number of amides is 4. The summed E-state index contributed by atoms with van der Waals surface area (Å²) in [5, 5.41) is 15.5. The fourth-order valence-electron chi connectivity index (χ4n) is 7.02. The molecule has 4 aromatic rings. The van der Waals surface area contributed by atoms with Crippen molar-refractivity contribution in [1.82, 2.24) is 10.6 Å². The average molecular weight is 1040 g/mol. The first-order valence-electron chi connectivity index (χ1n) is 21.4. The van der Waals surface area contributed by atoms with Gasteiger partial charge in [-0.1, -0.05) is 47.5 Å². The number of hydrogen-bond donors (Lipinski definition) is 3. The Labute approximate surface area is 413 Å². The van der Waals surface area contributed by atoms with Gasteiger partial charge in [0.1, 0.15) is 34.9 Å². The molecule has 2 aliphatic heterocycles. The molecule has 0 saturated heterocycles. The van der Waals surface area contributed by atoms with Crippen LogP contribution in [0.2, 0.25) is 10.0 Å². The number of aromatic carboxylic acids is 1. The molecule has 3 N–H and O–H groups in total. The lowest BCUT2D eigenvalue weighted by Gasteiger charge is -2.27. The third-order valence-corrected chi connectivity index (χ3v) is 13.2. The van der Waals surface area contributed by atoms with Gasteiger partial charge in [-0.3, -0.25) is 14.4 Å². The molecule has 3 aliphatic rings. The number of alkyl halides is 2. The predicted octanol–water partition coefficient (Wildman–Crippen LogP) is 10.9. The number of ether oxygens (including phenoxy) is 2. The van der Waals surface area contributed by atoms with E-state index in [0.717, 1.165) is 47.3 Å². The zero-order valence-corrected chi connectivity index (χ0v) is 41.2. The summed E-state index contributed by atoms with van der Waals surface area (Å²) >= 11 is 14.2. The van der Waals surface area contributed by atoms with E-state index >= 15 is 0 Å². The lowest BCUT2D eigenvalue weighted by Crippen LogP contribution is -2.50. The summed E-state index contributed by atoms with van der Waals surface area (Å²) in [7, 11) is 0. The third kappa shape index (κ3) is 14.1. The number of nitrogens with zero attached hydrogens (tertiary/aromatic N) is 2. The number of carboxylic acid groups (broad SMARTS) is 1. The second-order valence-corrected chi connectivity index (χ2v) is 21.3. The molecule has 69 heavy (non-hydrogen) atoms. The molecule has 0 aromatic heterocycles. The van der Waals surface area contributed by atoms with Gasteiger partial charge in [-0.05, 0) is 101 Å². The van der Waals surface area contributed by atoms with E-state index in [2.05, 4.69) is 10.6 Å². The molecule has 0 bridgehead atoms. The van der Waals surface area contributed by atoms with Gasteiger partial charge < -0.3 is 35.0 Å². The van der Waals surface area contributed by atoms with Crippen LogP contribution in [-0.2, 0) is 32.2 Å². The number of Topliss-reactive ketones (excluding diaryl/α,β-unsaturated/α-hetero) is 1. The Morgan fingerprint density at radius 1 is 0.696 bits per heavy atom. The number of carbonyl (C=O) groups is 6. The Hall–Kier alpha value is -5.50.